The van der Waals surface area contributed by atoms with Gasteiger partial charge in [0.15, 0.2) is 5.88 Å². The van der Waals surface area contributed by atoms with Gasteiger partial charge in [-0.2, -0.15) is 0 Å². The van der Waals surface area contributed by atoms with E-state index >= 15 is 0 Å². The van der Waals surface area contributed by atoms with Crippen LogP contribution in [0, 0.1) is 0 Å². The highest BCUT2D eigenvalue weighted by molar-refractivity contribution is 7.92. The van der Waals surface area contributed by atoms with E-state index in [9.17, 15) is 18.3 Å². The van der Waals surface area contributed by atoms with Gasteiger partial charge in [-0.05, 0) is 42.5 Å². The number of aromatic nitrogens is 3. The summed E-state index contributed by atoms with van der Waals surface area (Å²) in [5.41, 5.74) is 2.50. The van der Waals surface area contributed by atoms with Crippen LogP contribution >= 0.6 is 0 Å². The first-order chi connectivity index (χ1) is 16.3. The maximum Gasteiger partial charge on any atom is 0.261 e. The average Bonchev–Trinajstić information content (AvgIpc) is 3.14. The van der Waals surface area contributed by atoms with Crippen LogP contribution in [-0.2, 0) is 14.8 Å². The molecule has 34 heavy (non-hydrogen) atoms. The molecule has 0 atom stereocenters. The zero-order chi connectivity index (χ0) is 23.9. The predicted octanol–water partition coefficient (Wildman–Crippen LogP) is 4.24. The molecule has 3 aromatic heterocycles. The third kappa shape index (κ3) is 4.02. The minimum atomic E-state index is -3.96. The standard InChI is InChI=1S/C24H19N5O4S/c1-14(30)26-22-11-7-16(13-25-22)29-34(32,33)17-8-10-20-18(12-17)23(24(31)28-20)21-9-6-15-4-2-3-5-19(15)27-21/h2-13,28-29,31H,1H3,(H,25,26,30). The maximum absolute atomic E-state index is 13.0. The zero-order valence-corrected chi connectivity index (χ0v) is 18.7. The van der Waals surface area contributed by atoms with E-state index in [2.05, 4.69) is 25.0 Å². The van der Waals surface area contributed by atoms with Gasteiger partial charge >= 0.3 is 0 Å². The summed E-state index contributed by atoms with van der Waals surface area (Å²) in [4.78, 5) is 22.7. The van der Waals surface area contributed by atoms with Gasteiger partial charge in [-0.3, -0.25) is 9.52 Å². The van der Waals surface area contributed by atoms with E-state index in [1.165, 1.54) is 37.4 Å². The number of rotatable bonds is 5. The first kappa shape index (κ1) is 21.4. The Labute approximate surface area is 194 Å². The topological polar surface area (TPSA) is 137 Å². The van der Waals surface area contributed by atoms with Crippen LogP contribution in [0.3, 0.4) is 0 Å². The Morgan fingerprint density at radius 2 is 1.85 bits per heavy atom. The van der Waals surface area contributed by atoms with E-state index < -0.39 is 10.0 Å². The van der Waals surface area contributed by atoms with E-state index in [0.717, 1.165) is 10.9 Å². The quantitative estimate of drug-likeness (QED) is 0.301. The van der Waals surface area contributed by atoms with Gasteiger partial charge in [-0.25, -0.2) is 18.4 Å². The second-order valence-electron chi connectivity index (χ2n) is 7.66. The van der Waals surface area contributed by atoms with Crippen molar-refractivity contribution in [1.82, 2.24) is 15.0 Å². The summed E-state index contributed by atoms with van der Waals surface area (Å²) in [6.07, 6.45) is 1.31. The van der Waals surface area contributed by atoms with Crippen molar-refractivity contribution < 1.29 is 18.3 Å². The van der Waals surface area contributed by atoms with Crippen molar-refractivity contribution in [3.05, 3.63) is 72.9 Å². The molecule has 0 aliphatic heterocycles. The van der Waals surface area contributed by atoms with Gasteiger partial charge in [0, 0.05) is 23.2 Å². The Bertz CT molecular complexity index is 1660. The van der Waals surface area contributed by atoms with Crippen LogP contribution in [0.15, 0.2) is 77.8 Å². The third-order valence-electron chi connectivity index (χ3n) is 5.23. The second kappa shape index (κ2) is 8.16. The molecule has 170 valence electrons. The number of hydrogen-bond donors (Lipinski definition) is 4. The van der Waals surface area contributed by atoms with Gasteiger partial charge in [0.25, 0.3) is 10.0 Å². The number of aromatic hydroxyl groups is 1. The predicted molar refractivity (Wildman–Crippen MR) is 130 cm³/mol. The smallest absolute Gasteiger partial charge is 0.261 e. The molecule has 9 nitrogen and oxygen atoms in total. The van der Waals surface area contributed by atoms with Crippen LogP contribution < -0.4 is 10.0 Å². The summed E-state index contributed by atoms with van der Waals surface area (Å²) in [7, 11) is -3.96. The van der Waals surface area contributed by atoms with Crippen LogP contribution in [0.4, 0.5) is 11.5 Å². The summed E-state index contributed by atoms with van der Waals surface area (Å²) in [6, 6.07) is 18.8. The number of carbonyl (C=O) groups excluding carboxylic acids is 1. The Balaban J connectivity index is 1.52. The molecule has 0 radical (unpaired) electrons. The Morgan fingerprint density at radius 3 is 2.62 bits per heavy atom. The van der Waals surface area contributed by atoms with Gasteiger partial charge in [0.05, 0.1) is 33.6 Å². The molecule has 0 bridgehead atoms. The number of para-hydroxylation sites is 1. The fraction of sp³-hybridized carbons (Fsp3) is 0.0417. The number of hydrogen-bond acceptors (Lipinski definition) is 6. The molecular weight excluding hydrogens is 454 g/mol. The SMILES string of the molecule is CC(=O)Nc1ccc(NS(=O)(=O)c2ccc3[nH]c(O)c(-c4ccc5ccccc5n4)c3c2)cn1. The molecule has 0 spiro atoms. The number of nitrogens with zero attached hydrogens (tertiary/aromatic N) is 2. The molecule has 0 aliphatic rings. The van der Waals surface area contributed by atoms with Gasteiger partial charge < -0.3 is 15.4 Å². The van der Waals surface area contributed by atoms with E-state index in [4.69, 9.17) is 0 Å². The largest absolute Gasteiger partial charge is 0.494 e. The van der Waals surface area contributed by atoms with Crippen molar-refractivity contribution in [3.63, 3.8) is 0 Å². The summed E-state index contributed by atoms with van der Waals surface area (Å²) in [5.74, 6) is -0.0640. The Morgan fingerprint density at radius 1 is 1.03 bits per heavy atom. The lowest BCUT2D eigenvalue weighted by Gasteiger charge is -2.09. The maximum atomic E-state index is 13.0. The van der Waals surface area contributed by atoms with E-state index in [0.29, 0.717) is 28.0 Å². The van der Waals surface area contributed by atoms with Gasteiger partial charge in [0.2, 0.25) is 5.91 Å². The molecule has 0 unspecified atom stereocenters. The number of H-pyrrole nitrogens is 1. The first-order valence-electron chi connectivity index (χ1n) is 10.3. The Hall–Kier alpha value is -4.44. The minimum Gasteiger partial charge on any atom is -0.494 e. The molecular formula is C24H19N5O4S. The number of carbonyl (C=O) groups is 1. The van der Waals surface area contributed by atoms with E-state index in [-0.39, 0.29) is 22.4 Å². The fourth-order valence-electron chi connectivity index (χ4n) is 3.71. The number of aromatic amines is 1. The van der Waals surface area contributed by atoms with Gasteiger partial charge in [-0.1, -0.05) is 24.3 Å². The molecule has 5 rings (SSSR count). The molecule has 0 saturated heterocycles. The van der Waals surface area contributed by atoms with Crippen LogP contribution in [0.5, 0.6) is 5.88 Å². The summed E-state index contributed by atoms with van der Waals surface area (Å²) in [6.45, 7) is 1.36. The number of sulfonamides is 1. The summed E-state index contributed by atoms with van der Waals surface area (Å²) in [5, 5.41) is 14.6. The van der Waals surface area contributed by atoms with Crippen LogP contribution in [0.1, 0.15) is 6.92 Å². The molecule has 0 aliphatic carbocycles. The highest BCUT2D eigenvalue weighted by Crippen LogP contribution is 2.37. The number of nitrogens with one attached hydrogen (secondary N) is 3. The number of fused-ring (bicyclic) bond motifs is 2. The lowest BCUT2D eigenvalue weighted by atomic mass is 10.1. The molecule has 0 fully saturated rings. The van der Waals surface area contributed by atoms with Crippen LogP contribution in [-0.4, -0.2) is 34.4 Å². The lowest BCUT2D eigenvalue weighted by Crippen LogP contribution is -2.13. The fourth-order valence-corrected chi connectivity index (χ4v) is 4.78. The highest BCUT2D eigenvalue weighted by Gasteiger charge is 2.20. The molecule has 3 heterocycles. The lowest BCUT2D eigenvalue weighted by molar-refractivity contribution is -0.114. The molecule has 10 heteroatoms. The zero-order valence-electron chi connectivity index (χ0n) is 17.9. The van der Waals surface area contributed by atoms with Crippen molar-refractivity contribution in [1.29, 1.82) is 0 Å². The molecule has 1 amide bonds. The first-order valence-corrected chi connectivity index (χ1v) is 11.8. The molecule has 5 aromatic rings. The Kier molecular flexibility index (Phi) is 5.14. The number of amides is 1. The van der Waals surface area contributed by atoms with E-state index in [1.54, 1.807) is 12.1 Å². The van der Waals surface area contributed by atoms with Crippen molar-refractivity contribution >= 4 is 49.2 Å². The van der Waals surface area contributed by atoms with Crippen molar-refractivity contribution in [3.8, 4) is 17.1 Å². The van der Waals surface area contributed by atoms with Crippen molar-refractivity contribution in [2.75, 3.05) is 10.0 Å². The normalized spacial score (nSPS) is 11.6. The number of benzene rings is 2. The van der Waals surface area contributed by atoms with E-state index in [1.807, 2.05) is 30.3 Å². The molecule has 0 saturated carbocycles. The molecule has 2 aromatic carbocycles. The average molecular weight is 474 g/mol. The minimum absolute atomic E-state index is 0.00646. The molecule has 4 N–H and O–H groups in total. The van der Waals surface area contributed by atoms with Gasteiger partial charge in [0.1, 0.15) is 5.82 Å². The number of pyridine rings is 2. The monoisotopic (exact) mass is 473 g/mol. The van der Waals surface area contributed by atoms with Crippen LogP contribution in [0.25, 0.3) is 33.1 Å². The highest BCUT2D eigenvalue weighted by atomic mass is 32.2. The third-order valence-corrected chi connectivity index (χ3v) is 6.61. The van der Waals surface area contributed by atoms with Gasteiger partial charge in [-0.15, -0.1) is 0 Å². The second-order valence-corrected chi connectivity index (χ2v) is 9.35. The van der Waals surface area contributed by atoms with Crippen molar-refractivity contribution in [2.24, 2.45) is 0 Å². The summed E-state index contributed by atoms with van der Waals surface area (Å²) >= 11 is 0. The van der Waals surface area contributed by atoms with Crippen molar-refractivity contribution in [2.45, 2.75) is 11.8 Å². The summed E-state index contributed by atoms with van der Waals surface area (Å²) < 4.78 is 28.6. The van der Waals surface area contributed by atoms with Crippen LogP contribution in [0.2, 0.25) is 0 Å². The number of anilines is 2.